The molecule has 2 atom stereocenters. The Bertz CT molecular complexity index is 536. The molecule has 4 heteroatoms. The van der Waals surface area contributed by atoms with Crippen LogP contribution in [0, 0.1) is 5.92 Å². The van der Waals surface area contributed by atoms with E-state index in [0.29, 0.717) is 5.56 Å². The zero-order valence-electron chi connectivity index (χ0n) is 16.2. The van der Waals surface area contributed by atoms with Crippen LogP contribution in [0.1, 0.15) is 87.6 Å². The normalized spacial score (nSPS) is 13.3. The van der Waals surface area contributed by atoms with E-state index in [2.05, 4.69) is 6.92 Å². The molecule has 0 aliphatic rings. The van der Waals surface area contributed by atoms with Crippen LogP contribution in [-0.4, -0.2) is 28.1 Å². The van der Waals surface area contributed by atoms with E-state index >= 15 is 0 Å². The Morgan fingerprint density at radius 3 is 2.12 bits per heavy atom. The fraction of sp³-hybridized carbons (Fsp3) is 0.636. The molecule has 1 aromatic carbocycles. The number of rotatable bonds is 14. The molecule has 1 rings (SSSR count). The van der Waals surface area contributed by atoms with Gasteiger partial charge in [0, 0.05) is 5.92 Å². The van der Waals surface area contributed by atoms with Gasteiger partial charge in [0.05, 0.1) is 11.7 Å². The number of carboxylic acids is 1. The van der Waals surface area contributed by atoms with E-state index in [9.17, 15) is 14.7 Å². The average molecular weight is 363 g/mol. The molecule has 26 heavy (non-hydrogen) atoms. The number of carbonyl (C=O) groups excluding carboxylic acids is 1. The highest BCUT2D eigenvalue weighted by Gasteiger charge is 2.15. The lowest BCUT2D eigenvalue weighted by Gasteiger charge is -2.15. The Hall–Kier alpha value is -1.68. The molecule has 2 N–H and O–H groups in total. The van der Waals surface area contributed by atoms with Crippen molar-refractivity contribution in [2.45, 2.75) is 84.2 Å². The molecule has 0 bridgehead atoms. The van der Waals surface area contributed by atoms with Gasteiger partial charge in [-0.05, 0) is 63.1 Å². The summed E-state index contributed by atoms with van der Waals surface area (Å²) in [6, 6.07) is 6.94. The van der Waals surface area contributed by atoms with Crippen LogP contribution >= 0.6 is 0 Å². The lowest BCUT2D eigenvalue weighted by molar-refractivity contribution is -0.121. The maximum atomic E-state index is 11.9. The fourth-order valence-corrected chi connectivity index (χ4v) is 3.29. The number of hydrogen-bond acceptors (Lipinski definition) is 3. The molecule has 0 radical (unpaired) electrons. The first-order chi connectivity index (χ1) is 12.4. The molecule has 0 spiro atoms. The van der Waals surface area contributed by atoms with E-state index in [4.69, 9.17) is 5.11 Å². The Labute approximate surface area is 157 Å². The molecular weight excluding hydrogens is 328 g/mol. The third-order valence-electron chi connectivity index (χ3n) is 5.02. The predicted molar refractivity (Wildman–Crippen MR) is 105 cm³/mol. The first kappa shape index (κ1) is 22.4. The molecule has 1 unspecified atom stereocenters. The highest BCUT2D eigenvalue weighted by Crippen LogP contribution is 2.20. The van der Waals surface area contributed by atoms with Crippen molar-refractivity contribution >= 4 is 11.8 Å². The van der Waals surface area contributed by atoms with E-state index in [0.717, 1.165) is 63.4 Å². The number of aryl methyl sites for hydroxylation is 1. The van der Waals surface area contributed by atoms with E-state index in [1.54, 1.807) is 19.1 Å². The molecular formula is C22H34O4. The van der Waals surface area contributed by atoms with Gasteiger partial charge < -0.3 is 10.2 Å². The number of aliphatic hydroxyl groups is 1. The maximum Gasteiger partial charge on any atom is 0.335 e. The molecule has 0 fully saturated rings. The molecule has 0 aliphatic heterocycles. The largest absolute Gasteiger partial charge is 0.478 e. The number of aromatic carboxylic acids is 1. The molecule has 1 aromatic rings. The lowest BCUT2D eigenvalue weighted by Crippen LogP contribution is -2.13. The number of hydrogen-bond donors (Lipinski definition) is 2. The topological polar surface area (TPSA) is 74.6 Å². The van der Waals surface area contributed by atoms with E-state index in [1.165, 1.54) is 6.42 Å². The van der Waals surface area contributed by atoms with Crippen molar-refractivity contribution in [3.05, 3.63) is 35.4 Å². The van der Waals surface area contributed by atoms with Gasteiger partial charge in [-0.2, -0.15) is 0 Å². The zero-order valence-corrected chi connectivity index (χ0v) is 16.2. The minimum atomic E-state index is -0.912. The van der Waals surface area contributed by atoms with Crippen LogP contribution < -0.4 is 0 Å². The first-order valence-electron chi connectivity index (χ1n) is 9.94. The summed E-state index contributed by atoms with van der Waals surface area (Å²) in [5.41, 5.74) is 1.40. The molecule has 0 aliphatic carbocycles. The summed E-state index contributed by atoms with van der Waals surface area (Å²) < 4.78 is 0. The number of benzene rings is 1. The van der Waals surface area contributed by atoms with Crippen LogP contribution in [0.4, 0.5) is 0 Å². The third-order valence-corrected chi connectivity index (χ3v) is 5.02. The van der Waals surface area contributed by atoms with Gasteiger partial charge in [-0.3, -0.25) is 4.79 Å². The van der Waals surface area contributed by atoms with Crippen LogP contribution in [0.3, 0.4) is 0 Å². The van der Waals surface area contributed by atoms with Gasteiger partial charge in [-0.1, -0.05) is 44.7 Å². The van der Waals surface area contributed by atoms with Crippen molar-refractivity contribution in [1.82, 2.24) is 0 Å². The summed E-state index contributed by atoms with van der Waals surface area (Å²) in [7, 11) is 0. The standard InChI is InChI=1S/C22H34O4/c1-3-4-5-11-21(24)12-7-10-19(17(2)23)9-6-8-18-13-15-20(16-14-18)22(25)26/h13-16,19,21,24H,3-12H2,1-2H3,(H,25,26)/t19?,21-/m0/s1. The minimum Gasteiger partial charge on any atom is -0.478 e. The van der Waals surface area contributed by atoms with E-state index in [1.807, 2.05) is 12.1 Å². The van der Waals surface area contributed by atoms with E-state index < -0.39 is 5.97 Å². The lowest BCUT2D eigenvalue weighted by atomic mass is 9.90. The Morgan fingerprint density at radius 1 is 0.923 bits per heavy atom. The van der Waals surface area contributed by atoms with Gasteiger partial charge in [0.15, 0.2) is 0 Å². The Kier molecular flexibility index (Phi) is 10.9. The first-order valence-corrected chi connectivity index (χ1v) is 9.94. The highest BCUT2D eigenvalue weighted by atomic mass is 16.4. The summed E-state index contributed by atoms with van der Waals surface area (Å²) in [5, 5.41) is 18.9. The summed E-state index contributed by atoms with van der Waals surface area (Å²) in [6.45, 7) is 3.81. The van der Waals surface area contributed by atoms with Gasteiger partial charge in [0.25, 0.3) is 0 Å². The van der Waals surface area contributed by atoms with E-state index in [-0.39, 0.29) is 17.8 Å². The quantitative estimate of drug-likeness (QED) is 0.455. The summed E-state index contributed by atoms with van der Waals surface area (Å²) in [6.07, 6.45) is 9.17. The third kappa shape index (κ3) is 9.14. The van der Waals surface area contributed by atoms with Gasteiger partial charge >= 0.3 is 5.97 Å². The van der Waals surface area contributed by atoms with Crippen LogP contribution in [0.25, 0.3) is 0 Å². The van der Waals surface area contributed by atoms with Crippen molar-refractivity contribution in [2.75, 3.05) is 0 Å². The second-order valence-electron chi connectivity index (χ2n) is 7.28. The molecule has 0 amide bonds. The smallest absolute Gasteiger partial charge is 0.335 e. The Balaban J connectivity index is 2.30. The highest BCUT2D eigenvalue weighted by molar-refractivity contribution is 5.87. The van der Waals surface area contributed by atoms with Gasteiger partial charge in [-0.25, -0.2) is 4.79 Å². The van der Waals surface area contributed by atoms with Crippen molar-refractivity contribution in [3.63, 3.8) is 0 Å². The zero-order chi connectivity index (χ0) is 19.4. The number of aliphatic hydroxyl groups excluding tert-OH is 1. The number of carbonyl (C=O) groups is 2. The van der Waals surface area contributed by atoms with Crippen LogP contribution in [0.5, 0.6) is 0 Å². The number of carboxylic acid groups (broad SMARTS) is 1. The number of ketones is 1. The van der Waals surface area contributed by atoms with Crippen molar-refractivity contribution in [1.29, 1.82) is 0 Å². The van der Waals surface area contributed by atoms with Crippen molar-refractivity contribution < 1.29 is 19.8 Å². The minimum absolute atomic E-state index is 0.0659. The predicted octanol–water partition coefficient (Wildman–Crippen LogP) is 5.02. The maximum absolute atomic E-state index is 11.9. The summed E-state index contributed by atoms with van der Waals surface area (Å²) in [5.74, 6) is -0.618. The van der Waals surface area contributed by atoms with Crippen LogP contribution in [-0.2, 0) is 11.2 Å². The number of unbranched alkanes of at least 4 members (excludes halogenated alkanes) is 2. The van der Waals surface area contributed by atoms with Gasteiger partial charge in [0.2, 0.25) is 0 Å². The monoisotopic (exact) mass is 362 g/mol. The summed E-state index contributed by atoms with van der Waals surface area (Å²) in [4.78, 5) is 22.7. The molecule has 0 saturated carbocycles. The molecule has 0 aromatic heterocycles. The summed E-state index contributed by atoms with van der Waals surface area (Å²) >= 11 is 0. The van der Waals surface area contributed by atoms with Crippen molar-refractivity contribution in [3.8, 4) is 0 Å². The molecule has 146 valence electrons. The van der Waals surface area contributed by atoms with Gasteiger partial charge in [-0.15, -0.1) is 0 Å². The number of Topliss-reactive ketones (excluding diaryl/α,β-unsaturated/α-hetero) is 1. The molecule has 4 nitrogen and oxygen atoms in total. The fourth-order valence-electron chi connectivity index (χ4n) is 3.29. The van der Waals surface area contributed by atoms with Crippen LogP contribution in [0.2, 0.25) is 0 Å². The molecule has 0 heterocycles. The average Bonchev–Trinajstić information content (AvgIpc) is 2.61. The Morgan fingerprint density at radius 2 is 1.54 bits per heavy atom. The SMILES string of the molecule is CCCCC[C@H](O)CCCC(CCCc1ccc(C(=O)O)cc1)C(C)=O. The second-order valence-corrected chi connectivity index (χ2v) is 7.28. The molecule has 0 saturated heterocycles. The van der Waals surface area contributed by atoms with Gasteiger partial charge in [0.1, 0.15) is 5.78 Å². The van der Waals surface area contributed by atoms with Crippen molar-refractivity contribution in [2.24, 2.45) is 5.92 Å². The second kappa shape index (κ2) is 12.6. The van der Waals surface area contributed by atoms with Crippen LogP contribution in [0.15, 0.2) is 24.3 Å².